The number of benzene rings is 2. The molecule has 3 rings (SSSR count). The summed E-state index contributed by atoms with van der Waals surface area (Å²) in [5.74, 6) is 0.138. The molecule has 0 atom stereocenters. The molecule has 0 aromatic heterocycles. The maximum absolute atomic E-state index is 11.1. The van der Waals surface area contributed by atoms with E-state index in [0.29, 0.717) is 23.8 Å². The molecule has 144 valence electrons. The van der Waals surface area contributed by atoms with Crippen LogP contribution in [0.1, 0.15) is 42.9 Å². The molecule has 1 aliphatic rings. The van der Waals surface area contributed by atoms with E-state index in [1.54, 1.807) is 0 Å². The highest BCUT2D eigenvalue weighted by Crippen LogP contribution is 2.42. The van der Waals surface area contributed by atoms with Gasteiger partial charge in [0.25, 0.3) is 0 Å². The van der Waals surface area contributed by atoms with Crippen LogP contribution in [0.3, 0.4) is 0 Å². The Hall–Kier alpha value is -3.26. The Morgan fingerprint density at radius 1 is 1.36 bits per heavy atom. The van der Waals surface area contributed by atoms with Crippen molar-refractivity contribution in [3.8, 4) is 22.9 Å². The number of aliphatic carboxylic acids is 1. The van der Waals surface area contributed by atoms with Crippen molar-refractivity contribution in [1.29, 1.82) is 5.26 Å². The van der Waals surface area contributed by atoms with Crippen molar-refractivity contribution < 1.29 is 14.6 Å². The van der Waals surface area contributed by atoms with Crippen LogP contribution in [-0.2, 0) is 11.2 Å². The first kappa shape index (κ1) is 19.5. The molecule has 0 saturated heterocycles. The molecule has 2 aromatic carbocycles. The van der Waals surface area contributed by atoms with Crippen LogP contribution in [0.15, 0.2) is 42.5 Å². The van der Waals surface area contributed by atoms with Crippen LogP contribution in [0.4, 0.5) is 5.69 Å². The number of fused-ring (bicyclic) bond motifs is 1. The monoisotopic (exact) mass is 376 g/mol. The predicted molar refractivity (Wildman–Crippen MR) is 110 cm³/mol. The van der Waals surface area contributed by atoms with Crippen molar-refractivity contribution in [2.24, 2.45) is 0 Å². The predicted octanol–water partition coefficient (Wildman–Crippen LogP) is 4.73. The van der Waals surface area contributed by atoms with Gasteiger partial charge in [0.2, 0.25) is 0 Å². The lowest BCUT2D eigenvalue weighted by atomic mass is 9.91. The van der Waals surface area contributed by atoms with Gasteiger partial charge in [-0.25, -0.2) is 4.79 Å². The molecule has 28 heavy (non-hydrogen) atoms. The van der Waals surface area contributed by atoms with Crippen LogP contribution in [0, 0.1) is 11.3 Å². The van der Waals surface area contributed by atoms with Gasteiger partial charge < -0.3 is 15.2 Å². The number of hydrogen-bond acceptors (Lipinski definition) is 4. The third kappa shape index (κ3) is 3.86. The summed E-state index contributed by atoms with van der Waals surface area (Å²) in [6, 6.07) is 12.5. The molecule has 0 amide bonds. The standard InChI is InChI=1S/C23H24N2O3/c1-14(2)16-6-8-17(9-7-16)19-11-21(25-13-15(3)23(26)27)20(12-24)18-5-4-10-28-22(18)19/h6-9,11,14,25H,3-5,10,13H2,1-2H3,(H,26,27). The van der Waals surface area contributed by atoms with Gasteiger partial charge in [-0.15, -0.1) is 0 Å². The van der Waals surface area contributed by atoms with Crippen molar-refractivity contribution >= 4 is 11.7 Å². The molecule has 0 spiro atoms. The minimum Gasteiger partial charge on any atom is -0.493 e. The largest absolute Gasteiger partial charge is 0.493 e. The number of rotatable bonds is 6. The lowest BCUT2D eigenvalue weighted by Crippen LogP contribution is -2.15. The van der Waals surface area contributed by atoms with Gasteiger partial charge in [0.05, 0.1) is 17.9 Å². The Labute approximate surface area is 165 Å². The number of nitrogens with one attached hydrogen (secondary N) is 1. The SMILES string of the molecule is C=C(CNc1cc(-c2ccc(C(C)C)cc2)c2c(c1C#N)CCCO2)C(=O)O. The van der Waals surface area contributed by atoms with E-state index in [1.165, 1.54) is 5.56 Å². The molecular formula is C23H24N2O3. The van der Waals surface area contributed by atoms with Crippen LogP contribution in [0.25, 0.3) is 11.1 Å². The van der Waals surface area contributed by atoms with E-state index < -0.39 is 5.97 Å². The average molecular weight is 376 g/mol. The molecule has 5 nitrogen and oxygen atoms in total. The molecule has 1 heterocycles. The van der Waals surface area contributed by atoms with E-state index in [-0.39, 0.29) is 12.1 Å². The molecule has 0 unspecified atom stereocenters. The van der Waals surface area contributed by atoms with Crippen molar-refractivity contribution in [2.75, 3.05) is 18.5 Å². The zero-order valence-electron chi connectivity index (χ0n) is 16.2. The van der Waals surface area contributed by atoms with E-state index in [1.807, 2.05) is 6.07 Å². The maximum atomic E-state index is 11.1. The third-order valence-corrected chi connectivity index (χ3v) is 4.99. The Morgan fingerprint density at radius 2 is 2.07 bits per heavy atom. The molecule has 1 aliphatic heterocycles. The summed E-state index contributed by atoms with van der Waals surface area (Å²) < 4.78 is 5.96. The minimum absolute atomic E-state index is 0.0423. The first-order valence-corrected chi connectivity index (χ1v) is 9.40. The highest BCUT2D eigenvalue weighted by molar-refractivity contribution is 5.87. The smallest absolute Gasteiger partial charge is 0.332 e. The van der Waals surface area contributed by atoms with E-state index in [9.17, 15) is 10.1 Å². The van der Waals surface area contributed by atoms with E-state index in [4.69, 9.17) is 9.84 Å². The maximum Gasteiger partial charge on any atom is 0.332 e. The van der Waals surface area contributed by atoms with Gasteiger partial charge in [0.1, 0.15) is 11.8 Å². The summed E-state index contributed by atoms with van der Waals surface area (Å²) in [5, 5.41) is 21.9. The van der Waals surface area contributed by atoms with Gasteiger partial charge in [0, 0.05) is 23.2 Å². The fraction of sp³-hybridized carbons (Fsp3) is 0.304. The summed E-state index contributed by atoms with van der Waals surface area (Å²) in [4.78, 5) is 11.1. The number of carboxylic acid groups (broad SMARTS) is 1. The number of hydrogen-bond donors (Lipinski definition) is 2. The Morgan fingerprint density at radius 3 is 2.68 bits per heavy atom. The van der Waals surface area contributed by atoms with Gasteiger partial charge in [-0.05, 0) is 36.0 Å². The van der Waals surface area contributed by atoms with Crippen molar-refractivity contribution in [2.45, 2.75) is 32.6 Å². The van der Waals surface area contributed by atoms with Gasteiger partial charge in [-0.2, -0.15) is 5.26 Å². The number of anilines is 1. The lowest BCUT2D eigenvalue weighted by Gasteiger charge is -2.24. The van der Waals surface area contributed by atoms with Gasteiger partial charge in [0.15, 0.2) is 0 Å². The molecule has 2 N–H and O–H groups in total. The molecule has 0 bridgehead atoms. The summed E-state index contributed by atoms with van der Waals surface area (Å²) in [6.45, 7) is 8.54. The first-order valence-electron chi connectivity index (χ1n) is 9.40. The molecule has 0 radical (unpaired) electrons. The summed E-state index contributed by atoms with van der Waals surface area (Å²) >= 11 is 0. The molecule has 5 heteroatoms. The number of nitriles is 1. The molecular weight excluding hydrogens is 352 g/mol. The molecule has 0 saturated carbocycles. The number of ether oxygens (including phenoxy) is 1. The van der Waals surface area contributed by atoms with Crippen LogP contribution < -0.4 is 10.1 Å². The van der Waals surface area contributed by atoms with Gasteiger partial charge in [-0.1, -0.05) is 44.7 Å². The first-order chi connectivity index (χ1) is 13.4. The second-order valence-corrected chi connectivity index (χ2v) is 7.26. The zero-order valence-corrected chi connectivity index (χ0v) is 16.2. The number of nitrogens with zero attached hydrogens (tertiary/aromatic N) is 1. The summed E-state index contributed by atoms with van der Waals surface area (Å²) in [7, 11) is 0. The fourth-order valence-electron chi connectivity index (χ4n) is 3.35. The van der Waals surface area contributed by atoms with Gasteiger partial charge in [-0.3, -0.25) is 0 Å². The highest BCUT2D eigenvalue weighted by Gasteiger charge is 2.23. The lowest BCUT2D eigenvalue weighted by molar-refractivity contribution is -0.132. The second kappa shape index (κ2) is 8.18. The Balaban J connectivity index is 2.08. The zero-order chi connectivity index (χ0) is 20.3. The van der Waals surface area contributed by atoms with E-state index in [0.717, 1.165) is 35.3 Å². The van der Waals surface area contributed by atoms with Crippen LogP contribution in [0.2, 0.25) is 0 Å². The molecule has 0 aliphatic carbocycles. The van der Waals surface area contributed by atoms with Crippen LogP contribution in [0.5, 0.6) is 5.75 Å². The second-order valence-electron chi connectivity index (χ2n) is 7.26. The average Bonchev–Trinajstić information content (AvgIpc) is 2.71. The summed E-state index contributed by atoms with van der Waals surface area (Å²) in [5.41, 5.74) is 5.21. The Bertz CT molecular complexity index is 953. The molecule has 0 fully saturated rings. The summed E-state index contributed by atoms with van der Waals surface area (Å²) in [6.07, 6.45) is 1.60. The molecule has 2 aromatic rings. The number of carboxylic acids is 1. The Kier molecular flexibility index (Phi) is 5.70. The highest BCUT2D eigenvalue weighted by atomic mass is 16.5. The quantitative estimate of drug-likeness (QED) is 0.713. The van der Waals surface area contributed by atoms with Gasteiger partial charge >= 0.3 is 5.97 Å². The van der Waals surface area contributed by atoms with Crippen LogP contribution in [-0.4, -0.2) is 24.2 Å². The third-order valence-electron chi connectivity index (χ3n) is 4.99. The van der Waals surface area contributed by atoms with Crippen molar-refractivity contribution in [1.82, 2.24) is 0 Å². The van der Waals surface area contributed by atoms with Crippen molar-refractivity contribution in [3.05, 3.63) is 59.2 Å². The van der Waals surface area contributed by atoms with E-state index >= 15 is 0 Å². The van der Waals surface area contributed by atoms with Crippen molar-refractivity contribution in [3.63, 3.8) is 0 Å². The van der Waals surface area contributed by atoms with Crippen LogP contribution >= 0.6 is 0 Å². The normalized spacial score (nSPS) is 12.6. The topological polar surface area (TPSA) is 82.3 Å². The fourth-order valence-corrected chi connectivity index (χ4v) is 3.35. The minimum atomic E-state index is -1.06. The number of carbonyl (C=O) groups is 1. The van der Waals surface area contributed by atoms with E-state index in [2.05, 4.69) is 56.1 Å².